The van der Waals surface area contributed by atoms with Gasteiger partial charge in [-0.1, -0.05) is 244 Å². The van der Waals surface area contributed by atoms with Crippen molar-refractivity contribution in [1.82, 2.24) is 0 Å². The van der Waals surface area contributed by atoms with Gasteiger partial charge < -0.3 is 9.47 Å². The van der Waals surface area contributed by atoms with Crippen LogP contribution in [0.15, 0.2) is 91.0 Å². The molecule has 4 aromatic carbocycles. The van der Waals surface area contributed by atoms with Crippen LogP contribution in [0.5, 0.6) is 11.5 Å². The van der Waals surface area contributed by atoms with Crippen LogP contribution in [0.2, 0.25) is 0 Å². The van der Waals surface area contributed by atoms with Gasteiger partial charge in [0.1, 0.15) is 11.5 Å². The van der Waals surface area contributed by atoms with Crippen LogP contribution in [0.3, 0.4) is 0 Å². The quantitative estimate of drug-likeness (QED) is 0.0389. The average Bonchev–Trinajstić information content (AvgIpc) is 3.24. The molecule has 2 heteroatoms. The van der Waals surface area contributed by atoms with Gasteiger partial charge in [0.05, 0.1) is 13.2 Å². The monoisotopic (exact) mass is 767 g/mol. The normalized spacial score (nSPS) is 11.7. The van der Waals surface area contributed by atoms with E-state index >= 15 is 0 Å². The highest BCUT2D eigenvalue weighted by Crippen LogP contribution is 2.26. The van der Waals surface area contributed by atoms with Crippen LogP contribution < -0.4 is 9.47 Å². The molecule has 0 radical (unpaired) electrons. The molecule has 2 nitrogen and oxygen atoms in total. The lowest BCUT2D eigenvalue weighted by Crippen LogP contribution is -2.00. The standard InChI is InChI=1S/C55H74O2/c1-4-6-8-10-12-14-16-18-20-22-42-56-54-44-53(45-55(46-54)57-43-23-21-19-17-15-13-11-9-7-5-2)41-40-52-38-36-51(37-39-52)35-34-50-32-30-49(31-33-50)29-28-48-26-24-47(3)25-27-48/h24-41,44-46H,4-23,42-43H2,1-3H3/b29-28+,35-34+,41-40+. The molecule has 4 rings (SSSR count). The van der Waals surface area contributed by atoms with Crippen LogP contribution >= 0.6 is 0 Å². The van der Waals surface area contributed by atoms with Crippen molar-refractivity contribution in [3.05, 3.63) is 130 Å². The Bertz CT molecular complexity index is 1650. The van der Waals surface area contributed by atoms with Crippen LogP contribution in [-0.2, 0) is 0 Å². The Kier molecular flexibility index (Phi) is 23.1. The van der Waals surface area contributed by atoms with E-state index in [2.05, 4.69) is 148 Å². The van der Waals surface area contributed by atoms with E-state index in [1.165, 1.54) is 149 Å². The first-order valence-electron chi connectivity index (χ1n) is 22.8. The van der Waals surface area contributed by atoms with Gasteiger partial charge in [-0.25, -0.2) is 0 Å². The predicted octanol–water partition coefficient (Wildman–Crippen LogP) is 17.1. The van der Waals surface area contributed by atoms with E-state index in [-0.39, 0.29) is 0 Å². The van der Waals surface area contributed by atoms with Gasteiger partial charge in [0.25, 0.3) is 0 Å². The first-order valence-corrected chi connectivity index (χ1v) is 22.8. The fraction of sp³-hybridized carbons (Fsp3) is 0.455. The molecule has 0 atom stereocenters. The Morgan fingerprint density at radius 3 is 0.895 bits per heavy atom. The van der Waals surface area contributed by atoms with E-state index in [4.69, 9.17) is 9.47 Å². The van der Waals surface area contributed by atoms with Gasteiger partial charge in [-0.2, -0.15) is 0 Å². The Labute approximate surface area is 348 Å². The van der Waals surface area contributed by atoms with E-state index < -0.39 is 0 Å². The van der Waals surface area contributed by atoms with Crippen LogP contribution in [0.25, 0.3) is 36.5 Å². The Morgan fingerprint density at radius 1 is 0.316 bits per heavy atom. The van der Waals surface area contributed by atoms with Crippen molar-refractivity contribution >= 4 is 36.5 Å². The summed E-state index contributed by atoms with van der Waals surface area (Å²) < 4.78 is 12.6. The van der Waals surface area contributed by atoms with Crippen molar-refractivity contribution in [2.45, 2.75) is 149 Å². The average molecular weight is 767 g/mol. The largest absolute Gasteiger partial charge is 0.493 e. The van der Waals surface area contributed by atoms with Gasteiger partial charge in [0.2, 0.25) is 0 Å². The molecule has 57 heavy (non-hydrogen) atoms. The minimum absolute atomic E-state index is 0.756. The Morgan fingerprint density at radius 2 is 0.579 bits per heavy atom. The van der Waals surface area contributed by atoms with Gasteiger partial charge in [0, 0.05) is 6.07 Å². The van der Waals surface area contributed by atoms with Crippen LogP contribution in [0.4, 0.5) is 0 Å². The van der Waals surface area contributed by atoms with E-state index in [9.17, 15) is 0 Å². The summed E-state index contributed by atoms with van der Waals surface area (Å²) in [4.78, 5) is 0. The Hall–Kier alpha value is -4.30. The van der Waals surface area contributed by atoms with Gasteiger partial charge in [-0.15, -0.1) is 0 Å². The molecular formula is C55H74O2. The molecule has 0 bridgehead atoms. The fourth-order valence-electron chi connectivity index (χ4n) is 7.11. The SMILES string of the molecule is CCCCCCCCCCCCOc1cc(/C=C/c2ccc(/C=C/c3ccc(/C=C/c4ccc(C)cc4)cc3)cc2)cc(OCCCCCCCCCCCC)c1. The lowest BCUT2D eigenvalue weighted by atomic mass is 10.1. The summed E-state index contributed by atoms with van der Waals surface area (Å²) in [6.45, 7) is 8.20. The zero-order valence-corrected chi connectivity index (χ0v) is 36.0. The second kappa shape index (κ2) is 29.0. The Balaban J connectivity index is 1.26. The highest BCUT2D eigenvalue weighted by Gasteiger charge is 2.04. The summed E-state index contributed by atoms with van der Waals surface area (Å²) in [5.74, 6) is 1.81. The van der Waals surface area contributed by atoms with Crippen LogP contribution in [0.1, 0.15) is 181 Å². The second-order valence-electron chi connectivity index (χ2n) is 16.0. The van der Waals surface area contributed by atoms with E-state index in [0.717, 1.165) is 43.1 Å². The third kappa shape index (κ3) is 20.6. The van der Waals surface area contributed by atoms with Crippen molar-refractivity contribution in [3.8, 4) is 11.5 Å². The number of benzene rings is 4. The molecule has 0 fully saturated rings. The number of aryl methyl sites for hydroxylation is 1. The topological polar surface area (TPSA) is 18.5 Å². The third-order valence-electron chi connectivity index (χ3n) is 10.8. The molecule has 0 aliphatic rings. The third-order valence-corrected chi connectivity index (χ3v) is 10.8. The summed E-state index contributed by atoms with van der Waals surface area (Å²) >= 11 is 0. The molecule has 0 heterocycles. The van der Waals surface area contributed by atoms with Crippen molar-refractivity contribution < 1.29 is 9.47 Å². The summed E-state index contributed by atoms with van der Waals surface area (Å²) in [5.41, 5.74) is 8.34. The fourth-order valence-corrected chi connectivity index (χ4v) is 7.11. The molecule has 0 spiro atoms. The van der Waals surface area contributed by atoms with Crippen LogP contribution in [0, 0.1) is 6.92 Å². The molecule has 0 saturated heterocycles. The van der Waals surface area contributed by atoms with E-state index in [0.29, 0.717) is 0 Å². The molecule has 0 unspecified atom stereocenters. The maximum Gasteiger partial charge on any atom is 0.123 e. The number of ether oxygens (including phenoxy) is 2. The van der Waals surface area contributed by atoms with Gasteiger partial charge in [-0.3, -0.25) is 0 Å². The van der Waals surface area contributed by atoms with Gasteiger partial charge in [0.15, 0.2) is 0 Å². The molecule has 4 aromatic rings. The first kappa shape index (κ1) is 45.4. The maximum atomic E-state index is 6.31. The highest BCUT2D eigenvalue weighted by molar-refractivity contribution is 5.75. The summed E-state index contributed by atoms with van der Waals surface area (Å²) in [7, 11) is 0. The summed E-state index contributed by atoms with van der Waals surface area (Å²) in [5, 5.41) is 0. The van der Waals surface area contributed by atoms with Crippen LogP contribution in [-0.4, -0.2) is 13.2 Å². The zero-order valence-electron chi connectivity index (χ0n) is 36.0. The van der Waals surface area contributed by atoms with Crippen molar-refractivity contribution in [2.24, 2.45) is 0 Å². The maximum absolute atomic E-state index is 6.31. The summed E-state index contributed by atoms with van der Waals surface area (Å²) in [6.07, 6.45) is 39.6. The minimum Gasteiger partial charge on any atom is -0.493 e. The molecule has 0 aliphatic carbocycles. The molecule has 0 amide bonds. The number of hydrogen-bond donors (Lipinski definition) is 0. The predicted molar refractivity (Wildman–Crippen MR) is 252 cm³/mol. The number of hydrogen-bond acceptors (Lipinski definition) is 2. The van der Waals surface area contributed by atoms with E-state index in [1.54, 1.807) is 0 Å². The number of unbranched alkanes of at least 4 members (excludes halogenated alkanes) is 18. The zero-order chi connectivity index (χ0) is 40.0. The van der Waals surface area contributed by atoms with Crippen molar-refractivity contribution in [2.75, 3.05) is 13.2 Å². The smallest absolute Gasteiger partial charge is 0.123 e. The second-order valence-corrected chi connectivity index (χ2v) is 16.0. The van der Waals surface area contributed by atoms with Gasteiger partial charge >= 0.3 is 0 Å². The molecule has 0 N–H and O–H groups in total. The molecule has 0 aliphatic heterocycles. The lowest BCUT2D eigenvalue weighted by Gasteiger charge is -2.12. The summed E-state index contributed by atoms with van der Waals surface area (Å²) in [6, 6.07) is 32.4. The molecule has 0 saturated carbocycles. The minimum atomic E-state index is 0.756. The van der Waals surface area contributed by atoms with Gasteiger partial charge in [-0.05, 0) is 65.3 Å². The lowest BCUT2D eigenvalue weighted by molar-refractivity contribution is 0.289. The van der Waals surface area contributed by atoms with E-state index in [1.807, 2.05) is 0 Å². The molecule has 0 aromatic heterocycles. The number of rotatable bonds is 30. The van der Waals surface area contributed by atoms with Crippen molar-refractivity contribution in [3.63, 3.8) is 0 Å². The molecular weight excluding hydrogens is 693 g/mol. The van der Waals surface area contributed by atoms with Crippen molar-refractivity contribution in [1.29, 1.82) is 0 Å². The first-order chi connectivity index (χ1) is 28.1. The highest BCUT2D eigenvalue weighted by atomic mass is 16.5. The molecule has 306 valence electrons.